The second kappa shape index (κ2) is 58.5. The Hall–Kier alpha value is -3.84. The fourth-order valence-electron chi connectivity index (χ4n) is 10.1. The summed E-state index contributed by atoms with van der Waals surface area (Å²) in [6.45, 7) is 5.89. The zero-order valence-electron chi connectivity index (χ0n) is 52.9. The van der Waals surface area contributed by atoms with E-state index in [0.717, 1.165) is 116 Å². The van der Waals surface area contributed by atoms with Crippen LogP contribution in [0.25, 0.3) is 0 Å². The number of carbonyl (C=O) groups is 4. The topological polar surface area (TPSA) is 175 Å². The number of aliphatic hydroxyl groups excluding tert-OH is 2. The molecule has 1 heterocycles. The first kappa shape index (κ1) is 77.2. The molecule has 3 N–H and O–H groups in total. The summed E-state index contributed by atoms with van der Waals surface area (Å²) in [5, 5.41) is 31.6. The summed E-state index contributed by atoms with van der Waals surface area (Å²) in [6.07, 6.45) is 62.8. The summed E-state index contributed by atoms with van der Waals surface area (Å²) >= 11 is 0. The van der Waals surface area contributed by atoms with Crippen molar-refractivity contribution in [2.75, 3.05) is 13.2 Å². The van der Waals surface area contributed by atoms with Crippen molar-refractivity contribution >= 4 is 23.9 Å². The number of hydrogen-bond donors (Lipinski definition) is 3. The van der Waals surface area contributed by atoms with E-state index < -0.39 is 67.3 Å². The summed E-state index contributed by atoms with van der Waals surface area (Å²) in [6, 6.07) is 0. The van der Waals surface area contributed by atoms with Gasteiger partial charge < -0.3 is 39.0 Å². The SMILES string of the molecule is CC/C=C\C/C=C\C/C=C\C/C=C\CCCCCCC(=O)OCC(COC1OC(C(=O)O)C(O)C(O)C1OC(=O)CCCCCCCCCCC/C=C\CCCCCCCC)OC(=O)CCCCCCCCC/C=C\CCCCCCCC. The maximum atomic E-state index is 13.2. The van der Waals surface area contributed by atoms with E-state index in [-0.39, 0.29) is 25.9 Å². The number of carbonyl (C=O) groups excluding carboxylic acids is 3. The smallest absolute Gasteiger partial charge is 0.335 e. The number of unbranched alkanes of at least 4 members (excludes halogenated alkanes) is 32. The molecule has 0 aromatic heterocycles. The van der Waals surface area contributed by atoms with Gasteiger partial charge in [0.2, 0.25) is 0 Å². The van der Waals surface area contributed by atoms with Crippen molar-refractivity contribution in [3.63, 3.8) is 0 Å². The van der Waals surface area contributed by atoms with E-state index in [9.17, 15) is 34.5 Å². The number of esters is 3. The van der Waals surface area contributed by atoms with Crippen molar-refractivity contribution in [2.45, 2.75) is 340 Å². The van der Waals surface area contributed by atoms with Crippen molar-refractivity contribution in [1.29, 1.82) is 0 Å². The lowest BCUT2D eigenvalue weighted by Crippen LogP contribution is -2.61. The van der Waals surface area contributed by atoms with Crippen LogP contribution in [0.5, 0.6) is 0 Å². The summed E-state index contributed by atoms with van der Waals surface area (Å²) in [5.41, 5.74) is 0. The molecule has 83 heavy (non-hydrogen) atoms. The van der Waals surface area contributed by atoms with Crippen LogP contribution >= 0.6 is 0 Å². The first-order valence-corrected chi connectivity index (χ1v) is 33.9. The monoisotopic (exact) mass is 1170 g/mol. The highest BCUT2D eigenvalue weighted by molar-refractivity contribution is 5.74. The van der Waals surface area contributed by atoms with Crippen LogP contribution < -0.4 is 0 Å². The van der Waals surface area contributed by atoms with Gasteiger partial charge in [0.15, 0.2) is 24.6 Å². The average Bonchev–Trinajstić information content (AvgIpc) is 3.58. The molecule has 0 aromatic carbocycles. The Kier molecular flexibility index (Phi) is 54.4. The highest BCUT2D eigenvalue weighted by Gasteiger charge is 2.50. The molecular weight excluding hydrogens is 1040 g/mol. The van der Waals surface area contributed by atoms with Gasteiger partial charge in [0.1, 0.15) is 18.8 Å². The molecule has 1 rings (SSSR count). The Labute approximate surface area is 506 Å². The number of carboxylic acid groups (broad SMARTS) is 1. The predicted molar refractivity (Wildman–Crippen MR) is 340 cm³/mol. The second-order valence-corrected chi connectivity index (χ2v) is 23.1. The first-order chi connectivity index (χ1) is 40.6. The quantitative estimate of drug-likeness (QED) is 0.0228. The lowest BCUT2D eigenvalue weighted by atomic mass is 9.98. The number of rotatable bonds is 58. The Morgan fingerprint density at radius 3 is 1.17 bits per heavy atom. The van der Waals surface area contributed by atoms with Gasteiger partial charge >= 0.3 is 23.9 Å². The summed E-state index contributed by atoms with van der Waals surface area (Å²) in [4.78, 5) is 51.4. The molecule has 0 saturated carbocycles. The third kappa shape index (κ3) is 48.0. The lowest BCUT2D eigenvalue weighted by molar-refractivity contribution is -0.301. The van der Waals surface area contributed by atoms with E-state index >= 15 is 0 Å². The van der Waals surface area contributed by atoms with Crippen LogP contribution in [0, 0.1) is 0 Å². The van der Waals surface area contributed by atoms with Crippen molar-refractivity contribution in [1.82, 2.24) is 0 Å². The molecule has 0 amide bonds. The van der Waals surface area contributed by atoms with Gasteiger partial charge in [0, 0.05) is 19.3 Å². The molecule has 6 atom stereocenters. The number of carboxylic acids is 1. The highest BCUT2D eigenvalue weighted by Crippen LogP contribution is 2.27. The van der Waals surface area contributed by atoms with Crippen LogP contribution in [0.3, 0.4) is 0 Å². The molecule has 0 spiro atoms. The Bertz CT molecular complexity index is 1720. The number of ether oxygens (including phenoxy) is 5. The van der Waals surface area contributed by atoms with Gasteiger partial charge in [0.05, 0.1) is 6.61 Å². The third-order valence-corrected chi connectivity index (χ3v) is 15.2. The van der Waals surface area contributed by atoms with Crippen molar-refractivity contribution in [2.24, 2.45) is 0 Å². The van der Waals surface area contributed by atoms with Crippen LogP contribution in [0.2, 0.25) is 0 Å². The highest BCUT2D eigenvalue weighted by atomic mass is 16.7. The van der Waals surface area contributed by atoms with Crippen LogP contribution in [-0.4, -0.2) is 89.2 Å². The molecule has 12 nitrogen and oxygen atoms in total. The fourth-order valence-corrected chi connectivity index (χ4v) is 10.1. The van der Waals surface area contributed by atoms with Crippen LogP contribution in [0.4, 0.5) is 0 Å². The van der Waals surface area contributed by atoms with Crippen LogP contribution in [0.1, 0.15) is 303 Å². The molecule has 0 bridgehead atoms. The molecular formula is C71H122O12. The molecule has 1 saturated heterocycles. The maximum absolute atomic E-state index is 13.2. The molecule has 478 valence electrons. The zero-order valence-corrected chi connectivity index (χ0v) is 52.9. The van der Waals surface area contributed by atoms with Crippen molar-refractivity contribution in [3.8, 4) is 0 Å². The van der Waals surface area contributed by atoms with Crippen molar-refractivity contribution in [3.05, 3.63) is 72.9 Å². The Morgan fingerprint density at radius 2 is 0.759 bits per heavy atom. The van der Waals surface area contributed by atoms with Crippen LogP contribution in [0.15, 0.2) is 72.9 Å². The minimum atomic E-state index is -1.91. The van der Waals surface area contributed by atoms with Gasteiger partial charge in [-0.2, -0.15) is 0 Å². The number of aliphatic hydroxyl groups is 2. The van der Waals surface area contributed by atoms with E-state index in [1.807, 2.05) is 0 Å². The number of allylic oxidation sites excluding steroid dienone is 12. The molecule has 6 unspecified atom stereocenters. The predicted octanol–water partition coefficient (Wildman–Crippen LogP) is 18.5. The van der Waals surface area contributed by atoms with E-state index in [0.29, 0.717) is 19.3 Å². The molecule has 12 heteroatoms. The minimum absolute atomic E-state index is 0.0548. The maximum Gasteiger partial charge on any atom is 0.335 e. The van der Waals surface area contributed by atoms with Crippen molar-refractivity contribution < 1.29 is 58.2 Å². The fraction of sp³-hybridized carbons (Fsp3) is 0.775. The molecule has 1 aliphatic heterocycles. The summed E-state index contributed by atoms with van der Waals surface area (Å²) < 4.78 is 28.6. The van der Waals surface area contributed by atoms with E-state index in [1.54, 1.807) is 0 Å². The Balaban J connectivity index is 2.66. The zero-order chi connectivity index (χ0) is 60.3. The summed E-state index contributed by atoms with van der Waals surface area (Å²) in [5.74, 6) is -3.14. The van der Waals surface area contributed by atoms with Crippen LogP contribution in [-0.2, 0) is 42.9 Å². The molecule has 0 aliphatic carbocycles. The lowest BCUT2D eigenvalue weighted by Gasteiger charge is -2.40. The number of aliphatic carboxylic acids is 1. The van der Waals surface area contributed by atoms with Gasteiger partial charge in [0.25, 0.3) is 0 Å². The molecule has 0 aromatic rings. The van der Waals surface area contributed by atoms with Gasteiger partial charge in [-0.15, -0.1) is 0 Å². The normalized spacial score (nSPS) is 18.0. The third-order valence-electron chi connectivity index (χ3n) is 15.2. The van der Waals surface area contributed by atoms with E-state index in [2.05, 4.69) is 93.7 Å². The largest absolute Gasteiger partial charge is 0.479 e. The Morgan fingerprint density at radius 1 is 0.410 bits per heavy atom. The minimum Gasteiger partial charge on any atom is -0.479 e. The van der Waals surface area contributed by atoms with Gasteiger partial charge in [-0.3, -0.25) is 14.4 Å². The molecule has 1 aliphatic rings. The molecule has 0 radical (unpaired) electrons. The molecule has 1 fully saturated rings. The van der Waals surface area contributed by atoms with E-state index in [1.165, 1.54) is 128 Å². The first-order valence-electron chi connectivity index (χ1n) is 33.9. The second-order valence-electron chi connectivity index (χ2n) is 23.1. The standard InChI is InChI=1S/C71H122O12/c1-4-7-10-13-16-19-22-25-28-31-32-35-38-41-44-47-50-53-56-59-65(74)82-69-67(76)66(75)68(70(77)78)83-71(69)80-61-62(81-64(73)58-55-52-49-46-43-40-37-34-30-27-24-21-18-15-12-9-6-3)60-79-63(72)57-54-51-48-45-42-39-36-33-29-26-23-20-17-14-11-8-5-2/h8,11,17,20,25-30,36,39,62,66-69,71,75-76H,4-7,9-10,12-16,18-19,21-24,31-35,37-38,40-61H2,1-3H3,(H,77,78)/b11-8-,20-17-,28-25-,29-26-,30-27-,39-36-. The van der Waals surface area contributed by atoms with Gasteiger partial charge in [-0.25, -0.2) is 4.79 Å². The van der Waals surface area contributed by atoms with E-state index in [4.69, 9.17) is 23.7 Å². The van der Waals surface area contributed by atoms with Gasteiger partial charge in [-0.1, -0.05) is 248 Å². The number of hydrogen-bond acceptors (Lipinski definition) is 11. The summed E-state index contributed by atoms with van der Waals surface area (Å²) in [7, 11) is 0. The van der Waals surface area contributed by atoms with Gasteiger partial charge in [-0.05, 0) is 109 Å². The average molecular weight is 1170 g/mol.